The molecule has 2 saturated carbocycles. The Morgan fingerprint density at radius 3 is 2.79 bits per heavy atom. The smallest absolute Gasteiger partial charge is 0.323 e. The van der Waals surface area contributed by atoms with Crippen LogP contribution in [0.4, 0.5) is 0 Å². The van der Waals surface area contributed by atoms with Gasteiger partial charge in [-0.25, -0.2) is 0 Å². The van der Waals surface area contributed by atoms with Crippen molar-refractivity contribution in [3.63, 3.8) is 0 Å². The number of likely N-dealkylation sites (N-methyl/N-ethyl adjacent to an activating group) is 1. The summed E-state index contributed by atoms with van der Waals surface area (Å²) in [6.07, 6.45) is 5.78. The molecule has 0 saturated heterocycles. The van der Waals surface area contributed by atoms with Gasteiger partial charge in [-0.2, -0.15) is 0 Å². The van der Waals surface area contributed by atoms with Crippen LogP contribution in [0.15, 0.2) is 0 Å². The summed E-state index contributed by atoms with van der Waals surface area (Å²) in [4.78, 5) is 14.0. The molecule has 2 N–H and O–H groups in total. The van der Waals surface area contributed by atoms with E-state index >= 15 is 0 Å². The zero-order valence-corrected chi connectivity index (χ0v) is 12.0. The van der Waals surface area contributed by atoms with Gasteiger partial charge >= 0.3 is 5.97 Å². The van der Waals surface area contributed by atoms with Gasteiger partial charge in [-0.3, -0.25) is 10.1 Å². The number of hydrogen-bond donors (Lipinski definition) is 2. The Hall–Kier alpha value is -0.650. The Kier molecular flexibility index (Phi) is 4.81. The minimum atomic E-state index is -0.703. The molecule has 2 aliphatic rings. The summed E-state index contributed by atoms with van der Waals surface area (Å²) in [6, 6.07) is 0.769. The van der Waals surface area contributed by atoms with Crippen LogP contribution >= 0.6 is 0 Å². The van der Waals surface area contributed by atoms with Gasteiger partial charge < -0.3 is 14.7 Å². The fourth-order valence-electron chi connectivity index (χ4n) is 3.05. The molecule has 0 bridgehead atoms. The van der Waals surface area contributed by atoms with E-state index in [1.54, 1.807) is 7.11 Å². The highest BCUT2D eigenvalue weighted by Crippen LogP contribution is 2.34. The standard InChI is InChI=1S/C14H26N2O3/c1-16(8-9-19-2)12-4-3-7-14(10-12,13(17)18)15-11-5-6-11/h11-12,15H,3-10H2,1-2H3,(H,17,18). The molecule has 0 aromatic rings. The second kappa shape index (κ2) is 6.20. The van der Waals surface area contributed by atoms with E-state index in [0.29, 0.717) is 25.1 Å². The molecule has 2 rings (SSSR count). The molecule has 0 amide bonds. The second-order valence-electron chi connectivity index (χ2n) is 6.03. The fraction of sp³-hybridized carbons (Fsp3) is 0.929. The van der Waals surface area contributed by atoms with Crippen molar-refractivity contribution in [3.05, 3.63) is 0 Å². The molecule has 19 heavy (non-hydrogen) atoms. The number of nitrogens with zero attached hydrogens (tertiary/aromatic N) is 1. The predicted molar refractivity (Wildman–Crippen MR) is 73.3 cm³/mol. The molecule has 0 aromatic carbocycles. The Labute approximate surface area is 115 Å². The van der Waals surface area contributed by atoms with E-state index in [0.717, 1.165) is 38.6 Å². The number of ether oxygens (including phenoxy) is 1. The minimum absolute atomic E-state index is 0.339. The molecule has 2 aliphatic carbocycles. The summed E-state index contributed by atoms with van der Waals surface area (Å²) in [5.41, 5.74) is -0.703. The monoisotopic (exact) mass is 270 g/mol. The molecule has 2 fully saturated rings. The van der Waals surface area contributed by atoms with Gasteiger partial charge in [0.05, 0.1) is 6.61 Å². The van der Waals surface area contributed by atoms with Gasteiger partial charge in [0.1, 0.15) is 5.54 Å². The van der Waals surface area contributed by atoms with Crippen molar-refractivity contribution >= 4 is 5.97 Å². The first-order valence-electron chi connectivity index (χ1n) is 7.28. The fourth-order valence-corrected chi connectivity index (χ4v) is 3.05. The van der Waals surface area contributed by atoms with Crippen LogP contribution in [0, 0.1) is 0 Å². The lowest BCUT2D eigenvalue weighted by Gasteiger charge is -2.42. The lowest BCUT2D eigenvalue weighted by molar-refractivity contribution is -0.147. The topological polar surface area (TPSA) is 61.8 Å². The van der Waals surface area contributed by atoms with Gasteiger partial charge in [-0.05, 0) is 45.6 Å². The van der Waals surface area contributed by atoms with Gasteiger partial charge in [0.2, 0.25) is 0 Å². The van der Waals surface area contributed by atoms with Gasteiger partial charge in [-0.15, -0.1) is 0 Å². The van der Waals surface area contributed by atoms with E-state index in [9.17, 15) is 9.90 Å². The first-order chi connectivity index (χ1) is 9.07. The number of carboxylic acids is 1. The summed E-state index contributed by atoms with van der Waals surface area (Å²) in [5, 5.41) is 13.0. The summed E-state index contributed by atoms with van der Waals surface area (Å²) < 4.78 is 5.10. The van der Waals surface area contributed by atoms with Gasteiger partial charge in [0, 0.05) is 25.7 Å². The highest BCUT2D eigenvalue weighted by Gasteiger charge is 2.46. The summed E-state index contributed by atoms with van der Waals surface area (Å²) in [7, 11) is 3.77. The van der Waals surface area contributed by atoms with E-state index in [2.05, 4.69) is 17.3 Å². The van der Waals surface area contributed by atoms with E-state index in [4.69, 9.17) is 4.74 Å². The van der Waals surface area contributed by atoms with Crippen molar-refractivity contribution in [1.29, 1.82) is 0 Å². The SMILES string of the molecule is COCCN(C)C1CCCC(NC2CC2)(C(=O)O)C1. The van der Waals surface area contributed by atoms with Gasteiger partial charge in [-0.1, -0.05) is 0 Å². The minimum Gasteiger partial charge on any atom is -0.480 e. The number of rotatable bonds is 7. The van der Waals surface area contributed by atoms with E-state index in [1.807, 2.05) is 0 Å². The average Bonchev–Trinajstić information content (AvgIpc) is 3.19. The number of methoxy groups -OCH3 is 1. The maximum Gasteiger partial charge on any atom is 0.323 e. The third-order valence-corrected chi connectivity index (χ3v) is 4.46. The summed E-state index contributed by atoms with van der Waals surface area (Å²) in [6.45, 7) is 1.56. The highest BCUT2D eigenvalue weighted by molar-refractivity contribution is 5.79. The normalized spacial score (nSPS) is 31.6. The van der Waals surface area contributed by atoms with Crippen molar-refractivity contribution < 1.29 is 14.6 Å². The third kappa shape index (κ3) is 3.68. The largest absolute Gasteiger partial charge is 0.480 e. The van der Waals surface area contributed by atoms with E-state index in [1.165, 1.54) is 0 Å². The number of carboxylic acid groups (broad SMARTS) is 1. The predicted octanol–water partition coefficient (Wildman–Crippen LogP) is 1.08. The van der Waals surface area contributed by atoms with Crippen LogP contribution in [0.3, 0.4) is 0 Å². The molecule has 110 valence electrons. The third-order valence-electron chi connectivity index (χ3n) is 4.46. The molecule has 0 aliphatic heterocycles. The molecular weight excluding hydrogens is 244 g/mol. The van der Waals surface area contributed by atoms with Crippen molar-refractivity contribution in [2.75, 3.05) is 27.3 Å². The van der Waals surface area contributed by atoms with Crippen LogP contribution in [-0.4, -0.2) is 60.9 Å². The zero-order chi connectivity index (χ0) is 13.9. The van der Waals surface area contributed by atoms with E-state index in [-0.39, 0.29) is 0 Å². The van der Waals surface area contributed by atoms with E-state index < -0.39 is 11.5 Å². The Morgan fingerprint density at radius 2 is 2.21 bits per heavy atom. The van der Waals surface area contributed by atoms with Crippen LogP contribution in [0.1, 0.15) is 38.5 Å². The molecule has 5 nitrogen and oxygen atoms in total. The van der Waals surface area contributed by atoms with Crippen LogP contribution < -0.4 is 5.32 Å². The first-order valence-corrected chi connectivity index (χ1v) is 7.28. The average molecular weight is 270 g/mol. The Morgan fingerprint density at radius 1 is 1.47 bits per heavy atom. The molecule has 2 unspecified atom stereocenters. The number of nitrogens with one attached hydrogen (secondary N) is 1. The van der Waals surface area contributed by atoms with Crippen molar-refractivity contribution in [1.82, 2.24) is 10.2 Å². The first kappa shape index (κ1) is 14.8. The quantitative estimate of drug-likeness (QED) is 0.725. The summed E-state index contributed by atoms with van der Waals surface area (Å²) in [5.74, 6) is -0.677. The molecule has 0 heterocycles. The van der Waals surface area contributed by atoms with Crippen LogP contribution in [-0.2, 0) is 9.53 Å². The summed E-state index contributed by atoms with van der Waals surface area (Å²) >= 11 is 0. The molecule has 0 aromatic heterocycles. The van der Waals surface area contributed by atoms with Crippen LogP contribution in [0.2, 0.25) is 0 Å². The molecule has 2 atom stereocenters. The molecule has 0 spiro atoms. The van der Waals surface area contributed by atoms with Crippen molar-refractivity contribution in [2.24, 2.45) is 0 Å². The second-order valence-corrected chi connectivity index (χ2v) is 6.03. The lowest BCUT2D eigenvalue weighted by atomic mass is 9.78. The number of aliphatic carboxylic acids is 1. The molecule has 0 radical (unpaired) electrons. The van der Waals surface area contributed by atoms with Gasteiger partial charge in [0.25, 0.3) is 0 Å². The lowest BCUT2D eigenvalue weighted by Crippen LogP contribution is -2.58. The molecule has 5 heteroatoms. The zero-order valence-electron chi connectivity index (χ0n) is 12.0. The highest BCUT2D eigenvalue weighted by atomic mass is 16.5. The van der Waals surface area contributed by atoms with Crippen molar-refractivity contribution in [3.8, 4) is 0 Å². The van der Waals surface area contributed by atoms with Gasteiger partial charge in [0.15, 0.2) is 0 Å². The molecular formula is C14H26N2O3. The van der Waals surface area contributed by atoms with Crippen LogP contribution in [0.25, 0.3) is 0 Å². The Balaban J connectivity index is 1.97. The Bertz CT molecular complexity index is 320. The maximum absolute atomic E-state index is 11.7. The number of carbonyl (C=O) groups is 1. The maximum atomic E-state index is 11.7. The van der Waals surface area contributed by atoms with Crippen LogP contribution in [0.5, 0.6) is 0 Å². The number of hydrogen-bond acceptors (Lipinski definition) is 4. The van der Waals surface area contributed by atoms with Crippen molar-refractivity contribution in [2.45, 2.75) is 56.1 Å².